The largest absolute Gasteiger partial charge is 0.392 e. The molecule has 2 N–H and O–H groups in total. The summed E-state index contributed by atoms with van der Waals surface area (Å²) in [5, 5.41) is 19.4. The Kier molecular flexibility index (Phi) is 3.88. The van der Waals surface area contributed by atoms with E-state index in [4.69, 9.17) is 0 Å². The third-order valence-electron chi connectivity index (χ3n) is 3.47. The van der Waals surface area contributed by atoms with Gasteiger partial charge in [-0.1, -0.05) is 6.92 Å². The summed E-state index contributed by atoms with van der Waals surface area (Å²) in [5.74, 6) is 0.873. The Hall–Kier alpha value is -1.13. The number of hydrogen-bond acceptors (Lipinski definition) is 4. The van der Waals surface area contributed by atoms with E-state index in [9.17, 15) is 10.2 Å². The van der Waals surface area contributed by atoms with Crippen LogP contribution in [0.1, 0.15) is 37.9 Å². The first-order valence-electron chi connectivity index (χ1n) is 6.62. The molecule has 4 nitrogen and oxygen atoms in total. The molecule has 0 spiro atoms. The summed E-state index contributed by atoms with van der Waals surface area (Å²) in [6, 6.07) is 3.85. The minimum absolute atomic E-state index is 0.0345. The van der Waals surface area contributed by atoms with Crippen LogP contribution in [0.4, 0.5) is 5.82 Å². The van der Waals surface area contributed by atoms with Gasteiger partial charge in [-0.15, -0.1) is 0 Å². The van der Waals surface area contributed by atoms with Crippen LogP contribution in [0.2, 0.25) is 0 Å². The fourth-order valence-corrected chi connectivity index (χ4v) is 2.48. The van der Waals surface area contributed by atoms with Crippen molar-refractivity contribution < 1.29 is 10.2 Å². The molecule has 1 saturated heterocycles. The number of aliphatic hydroxyl groups excluding tert-OH is 1. The van der Waals surface area contributed by atoms with Crippen molar-refractivity contribution in [3.05, 3.63) is 23.4 Å². The molecule has 4 heteroatoms. The van der Waals surface area contributed by atoms with Crippen molar-refractivity contribution in [1.29, 1.82) is 0 Å². The van der Waals surface area contributed by atoms with Crippen LogP contribution in [0.5, 0.6) is 0 Å². The van der Waals surface area contributed by atoms with E-state index in [0.717, 1.165) is 42.9 Å². The number of rotatable bonds is 3. The molecule has 1 unspecified atom stereocenters. The molecule has 100 valence electrons. The predicted octanol–water partition coefficient (Wildman–Crippen LogP) is 1.49. The van der Waals surface area contributed by atoms with Crippen LogP contribution in [0, 0.1) is 0 Å². The highest BCUT2D eigenvalue weighted by molar-refractivity contribution is 5.43. The number of hydrogen-bond donors (Lipinski definition) is 2. The summed E-state index contributed by atoms with van der Waals surface area (Å²) in [6.45, 7) is 5.49. The van der Waals surface area contributed by atoms with Crippen LogP contribution in [0.15, 0.2) is 12.1 Å². The van der Waals surface area contributed by atoms with Crippen molar-refractivity contribution in [2.24, 2.45) is 0 Å². The Labute approximate surface area is 108 Å². The van der Waals surface area contributed by atoms with Gasteiger partial charge in [-0.3, -0.25) is 0 Å². The number of nitrogens with zero attached hydrogens (tertiary/aromatic N) is 2. The van der Waals surface area contributed by atoms with Crippen molar-refractivity contribution >= 4 is 5.82 Å². The Bertz CT molecular complexity index is 396. The van der Waals surface area contributed by atoms with Gasteiger partial charge in [-0.2, -0.15) is 0 Å². The third kappa shape index (κ3) is 3.00. The van der Waals surface area contributed by atoms with E-state index in [1.54, 1.807) is 0 Å². The molecule has 0 amide bonds. The van der Waals surface area contributed by atoms with Gasteiger partial charge in [-0.25, -0.2) is 4.98 Å². The van der Waals surface area contributed by atoms with Crippen LogP contribution in [-0.4, -0.2) is 33.9 Å². The zero-order valence-electron chi connectivity index (χ0n) is 11.2. The van der Waals surface area contributed by atoms with Gasteiger partial charge in [0.05, 0.1) is 12.2 Å². The number of aryl methyl sites for hydroxylation is 1. The Balaban J connectivity index is 2.26. The first-order chi connectivity index (χ1) is 8.54. The molecule has 1 aromatic rings. The summed E-state index contributed by atoms with van der Waals surface area (Å²) in [4.78, 5) is 6.71. The van der Waals surface area contributed by atoms with Crippen molar-refractivity contribution in [1.82, 2.24) is 4.98 Å². The molecule has 1 fully saturated rings. The molecule has 1 aliphatic rings. The second-order valence-corrected chi connectivity index (χ2v) is 5.36. The molecule has 2 heterocycles. The van der Waals surface area contributed by atoms with Crippen molar-refractivity contribution in [3.63, 3.8) is 0 Å². The van der Waals surface area contributed by atoms with Crippen LogP contribution in [0.3, 0.4) is 0 Å². The smallest absolute Gasteiger partial charge is 0.129 e. The van der Waals surface area contributed by atoms with Crippen LogP contribution in [0.25, 0.3) is 0 Å². The fourth-order valence-electron chi connectivity index (χ4n) is 2.48. The quantitative estimate of drug-likeness (QED) is 0.853. The highest BCUT2D eigenvalue weighted by Crippen LogP contribution is 2.25. The second-order valence-electron chi connectivity index (χ2n) is 5.36. The Morgan fingerprint density at radius 2 is 2.22 bits per heavy atom. The number of pyridine rings is 1. The summed E-state index contributed by atoms with van der Waals surface area (Å²) < 4.78 is 0. The van der Waals surface area contributed by atoms with Gasteiger partial charge in [0, 0.05) is 18.8 Å². The molecule has 2 rings (SSSR count). The molecule has 18 heavy (non-hydrogen) atoms. The van der Waals surface area contributed by atoms with Crippen LogP contribution < -0.4 is 4.90 Å². The minimum atomic E-state index is -0.637. The van der Waals surface area contributed by atoms with Gasteiger partial charge in [0.1, 0.15) is 5.82 Å². The van der Waals surface area contributed by atoms with Gasteiger partial charge in [0.2, 0.25) is 0 Å². The maximum Gasteiger partial charge on any atom is 0.129 e. The molecular formula is C14H22N2O2. The maximum atomic E-state index is 10.1. The highest BCUT2D eigenvalue weighted by atomic mass is 16.3. The van der Waals surface area contributed by atoms with E-state index < -0.39 is 5.60 Å². The normalized spacial score (nSPS) is 24.3. The molecular weight excluding hydrogens is 228 g/mol. The molecule has 1 aromatic heterocycles. The van der Waals surface area contributed by atoms with Gasteiger partial charge in [0.15, 0.2) is 0 Å². The fraction of sp³-hybridized carbons (Fsp3) is 0.643. The van der Waals surface area contributed by atoms with E-state index in [1.807, 2.05) is 19.1 Å². The lowest BCUT2D eigenvalue weighted by Crippen LogP contribution is -2.46. The van der Waals surface area contributed by atoms with Crippen molar-refractivity contribution in [2.75, 3.05) is 18.0 Å². The summed E-state index contributed by atoms with van der Waals surface area (Å²) in [6.07, 6.45) is 2.66. The Morgan fingerprint density at radius 1 is 1.44 bits per heavy atom. The zero-order chi connectivity index (χ0) is 13.2. The van der Waals surface area contributed by atoms with Crippen LogP contribution >= 0.6 is 0 Å². The van der Waals surface area contributed by atoms with Crippen LogP contribution in [-0.2, 0) is 13.0 Å². The lowest BCUT2D eigenvalue weighted by atomic mass is 9.95. The molecule has 0 saturated carbocycles. The first-order valence-corrected chi connectivity index (χ1v) is 6.62. The zero-order valence-corrected chi connectivity index (χ0v) is 11.2. The van der Waals surface area contributed by atoms with Gasteiger partial charge >= 0.3 is 0 Å². The van der Waals surface area contributed by atoms with Crippen molar-refractivity contribution in [3.8, 4) is 0 Å². The maximum absolute atomic E-state index is 10.1. The molecule has 0 aliphatic carbocycles. The first kappa shape index (κ1) is 13.3. The molecule has 1 aliphatic heterocycles. The SMILES string of the molecule is CCc1cc(CO)cc(N2CCCC(C)(O)C2)n1. The van der Waals surface area contributed by atoms with Crippen molar-refractivity contribution in [2.45, 2.75) is 45.3 Å². The molecule has 0 bridgehead atoms. The van der Waals surface area contributed by atoms with Gasteiger partial charge in [-0.05, 0) is 43.9 Å². The number of anilines is 1. The standard InChI is InChI=1S/C14H22N2O2/c1-3-12-7-11(9-17)8-13(15-12)16-6-4-5-14(2,18)10-16/h7-8,17-18H,3-6,9-10H2,1-2H3. The van der Waals surface area contributed by atoms with Gasteiger partial charge < -0.3 is 15.1 Å². The number of piperidine rings is 1. The lowest BCUT2D eigenvalue weighted by Gasteiger charge is -2.37. The lowest BCUT2D eigenvalue weighted by molar-refractivity contribution is 0.0447. The number of aromatic nitrogens is 1. The van der Waals surface area contributed by atoms with E-state index in [2.05, 4.69) is 16.8 Å². The molecule has 1 atom stereocenters. The van der Waals surface area contributed by atoms with E-state index in [-0.39, 0.29) is 6.61 Å². The second kappa shape index (κ2) is 5.24. The van der Waals surface area contributed by atoms with Gasteiger partial charge in [0.25, 0.3) is 0 Å². The molecule has 0 aromatic carbocycles. The number of aliphatic hydroxyl groups is 2. The average Bonchev–Trinajstić information content (AvgIpc) is 2.37. The van der Waals surface area contributed by atoms with E-state index in [1.165, 1.54) is 0 Å². The van der Waals surface area contributed by atoms with E-state index in [0.29, 0.717) is 6.54 Å². The predicted molar refractivity (Wildman–Crippen MR) is 71.6 cm³/mol. The highest BCUT2D eigenvalue weighted by Gasteiger charge is 2.29. The summed E-state index contributed by atoms with van der Waals surface area (Å²) in [5.41, 5.74) is 1.24. The average molecular weight is 250 g/mol. The van der Waals surface area contributed by atoms with E-state index >= 15 is 0 Å². The molecule has 0 radical (unpaired) electrons. The number of β-amino-alcohol motifs (C(OH)–C–C–N with tert-alkyl or cyclic N) is 1. The summed E-state index contributed by atoms with van der Waals surface area (Å²) in [7, 11) is 0. The minimum Gasteiger partial charge on any atom is -0.392 e. The topological polar surface area (TPSA) is 56.6 Å². The monoisotopic (exact) mass is 250 g/mol. The Morgan fingerprint density at radius 3 is 2.83 bits per heavy atom. The third-order valence-corrected chi connectivity index (χ3v) is 3.47. The summed E-state index contributed by atoms with van der Waals surface area (Å²) >= 11 is 0.